The summed E-state index contributed by atoms with van der Waals surface area (Å²) in [6.45, 7) is 23.0. The molecule has 0 atom stereocenters. The predicted molar refractivity (Wildman–Crippen MR) is 506 cm³/mol. The molecular weight excluding hydrogens is 1460 g/mol. The number of aromatic nitrogens is 8. The monoisotopic (exact) mass is 1550 g/mol. The van der Waals surface area contributed by atoms with E-state index in [9.17, 15) is 0 Å². The number of nitrogens with zero attached hydrogens (tertiary/aromatic N) is 8. The summed E-state index contributed by atoms with van der Waals surface area (Å²) in [6.07, 6.45) is 3.85. The number of benzene rings is 15. The fraction of sp³-hybridized carbons (Fsp3) is 0.0982. The lowest BCUT2D eigenvalue weighted by Gasteiger charge is -2.12. The SMILES string of the molecule is Cc1ccc(-c2ccc(C)cn2)cc1.Cc1ccc(-c2ccc3c(c2)c2cc(-c4ccc(C)cc4)ccc2n3-c2ccccc2)cc1.Cc1ccc(-c2nc(C)nc(-c3ccc(C)cc3)n2)cc1.Cc1ccc(-c2ncc(C)c3ccccc23)cc1.Cc1ccc2c(c1)c1ccccc1n2-c1ccc(-n2c3ccccc3c3cc(C)ccc32)cc1. The van der Waals surface area contributed by atoms with Gasteiger partial charge in [-0.2, -0.15) is 0 Å². The van der Waals surface area contributed by atoms with Gasteiger partial charge in [-0.3, -0.25) is 9.97 Å². The normalized spacial score (nSPS) is 11.1. The minimum atomic E-state index is 0.720. The van der Waals surface area contributed by atoms with E-state index < -0.39 is 0 Å². The Morgan fingerprint density at radius 3 is 0.925 bits per heavy atom. The highest BCUT2D eigenvalue weighted by Gasteiger charge is 2.19. The highest BCUT2D eigenvalue weighted by atomic mass is 15.0. The molecule has 120 heavy (non-hydrogen) atoms. The maximum Gasteiger partial charge on any atom is 0.163 e. The molecule has 6 aromatic heterocycles. The fourth-order valence-electron chi connectivity index (χ4n) is 16.0. The molecular formula is C112H94N8. The van der Waals surface area contributed by atoms with Gasteiger partial charge >= 0.3 is 0 Å². The summed E-state index contributed by atoms with van der Waals surface area (Å²) in [4.78, 5) is 22.5. The van der Waals surface area contributed by atoms with Crippen LogP contribution in [0.1, 0.15) is 61.5 Å². The van der Waals surface area contributed by atoms with Crippen LogP contribution in [0.5, 0.6) is 0 Å². The second-order valence-electron chi connectivity index (χ2n) is 31.7. The molecule has 0 unspecified atom stereocenters. The van der Waals surface area contributed by atoms with Crippen molar-refractivity contribution in [3.8, 4) is 84.6 Å². The summed E-state index contributed by atoms with van der Waals surface area (Å²) in [5.74, 6) is 2.17. The predicted octanol–water partition coefficient (Wildman–Crippen LogP) is 29.2. The summed E-state index contributed by atoms with van der Waals surface area (Å²) < 4.78 is 7.13. The number of para-hydroxylation sites is 3. The van der Waals surface area contributed by atoms with Crippen molar-refractivity contribution < 1.29 is 0 Å². The second-order valence-corrected chi connectivity index (χ2v) is 31.7. The zero-order valence-electron chi connectivity index (χ0n) is 69.8. The van der Waals surface area contributed by atoms with Crippen molar-refractivity contribution in [3.63, 3.8) is 0 Å². The zero-order valence-corrected chi connectivity index (χ0v) is 69.8. The van der Waals surface area contributed by atoms with Crippen LogP contribution in [-0.2, 0) is 0 Å². The van der Waals surface area contributed by atoms with E-state index in [-0.39, 0.29) is 0 Å². The van der Waals surface area contributed by atoms with Crippen LogP contribution >= 0.6 is 0 Å². The quantitative estimate of drug-likeness (QED) is 0.144. The van der Waals surface area contributed by atoms with Gasteiger partial charge in [0.1, 0.15) is 5.82 Å². The van der Waals surface area contributed by atoms with E-state index in [0.717, 1.165) is 40.0 Å². The van der Waals surface area contributed by atoms with E-state index in [1.165, 1.54) is 182 Å². The fourth-order valence-corrected chi connectivity index (χ4v) is 16.0. The Kier molecular flexibility index (Phi) is 22.2. The van der Waals surface area contributed by atoms with Gasteiger partial charge in [0.15, 0.2) is 11.6 Å². The molecule has 21 rings (SSSR count). The minimum absolute atomic E-state index is 0.720. The van der Waals surface area contributed by atoms with Crippen LogP contribution in [0.25, 0.3) is 161 Å². The standard InChI is InChI=1S/C32H24N2.C32H25N.C18H17N3.C17H15N.C13H13N/c1-21-11-17-31-27(19-21)25-7-3-5-9-29(25)33(31)23-13-15-24(16-14-23)34-30-10-6-4-8-26(30)28-20-22(2)12-18-32(28)34;1-22-8-12-24(13-9-22)26-16-18-31-29(20-26)30-21-27(25-14-10-23(2)11-15-25)17-19-32(30)33(31)28-6-4-3-5-7-28;1-12-4-8-15(9-5-12)17-19-14(3)20-18(21-17)16-10-6-13(2)7-11-16;1-12-7-9-14(10-8-12)17-16-6-4-3-5-15(16)13(2)11-18-17;1-10-3-6-12(7-4-10)13-8-5-11(2)9-14-13/h3-20H,1-2H3;3-21H,1-2H3;4-11H,1-3H3;3-11H,1-2H3;3-9H,1-2H3. The number of hydrogen-bond donors (Lipinski definition) is 0. The molecule has 15 aromatic carbocycles. The van der Waals surface area contributed by atoms with Crippen molar-refractivity contribution >= 4 is 76.2 Å². The average Bonchev–Trinajstić information content (AvgIpc) is 1.59. The molecule has 0 saturated carbocycles. The summed E-state index contributed by atoms with van der Waals surface area (Å²) >= 11 is 0. The maximum atomic E-state index is 4.61. The van der Waals surface area contributed by atoms with E-state index in [1.54, 1.807) is 0 Å². The van der Waals surface area contributed by atoms with E-state index in [1.807, 2.05) is 50.5 Å². The van der Waals surface area contributed by atoms with Gasteiger partial charge in [0.25, 0.3) is 0 Å². The Balaban J connectivity index is 0.000000111. The highest BCUT2D eigenvalue weighted by molar-refractivity contribution is 6.13. The molecule has 21 aromatic rings. The lowest BCUT2D eigenvalue weighted by molar-refractivity contribution is 0.991. The molecule has 0 saturated heterocycles. The third-order valence-electron chi connectivity index (χ3n) is 22.5. The molecule has 0 amide bonds. The maximum absolute atomic E-state index is 4.61. The smallest absolute Gasteiger partial charge is 0.163 e. The Morgan fingerprint density at radius 2 is 0.508 bits per heavy atom. The van der Waals surface area contributed by atoms with Gasteiger partial charge in [-0.1, -0.05) is 299 Å². The van der Waals surface area contributed by atoms with Gasteiger partial charge in [-0.15, -0.1) is 0 Å². The Morgan fingerprint density at radius 1 is 0.192 bits per heavy atom. The van der Waals surface area contributed by atoms with Gasteiger partial charge in [0.2, 0.25) is 0 Å². The molecule has 0 aliphatic rings. The van der Waals surface area contributed by atoms with E-state index in [2.05, 4.69) is 435 Å². The molecule has 0 radical (unpaired) electrons. The number of aryl methyl sites for hydroxylation is 11. The van der Waals surface area contributed by atoms with E-state index in [4.69, 9.17) is 0 Å². The molecule has 0 spiro atoms. The summed E-state index contributed by atoms with van der Waals surface area (Å²) in [6, 6.07) is 128. The topological polar surface area (TPSA) is 79.2 Å². The molecule has 582 valence electrons. The van der Waals surface area contributed by atoms with E-state index in [0.29, 0.717) is 0 Å². The van der Waals surface area contributed by atoms with Crippen LogP contribution in [0, 0.1) is 76.2 Å². The molecule has 0 aliphatic carbocycles. The second kappa shape index (κ2) is 34.2. The van der Waals surface area contributed by atoms with Crippen LogP contribution in [0.3, 0.4) is 0 Å². The van der Waals surface area contributed by atoms with Gasteiger partial charge in [0.05, 0.1) is 44.5 Å². The van der Waals surface area contributed by atoms with E-state index >= 15 is 0 Å². The average molecular weight is 1550 g/mol. The molecule has 8 nitrogen and oxygen atoms in total. The summed E-state index contributed by atoms with van der Waals surface area (Å²) in [5, 5.41) is 10.3. The minimum Gasteiger partial charge on any atom is -0.309 e. The van der Waals surface area contributed by atoms with Crippen molar-refractivity contribution in [3.05, 3.63) is 432 Å². The van der Waals surface area contributed by atoms with Crippen molar-refractivity contribution in [1.29, 1.82) is 0 Å². The van der Waals surface area contributed by atoms with Crippen molar-refractivity contribution in [1.82, 2.24) is 38.6 Å². The first-order valence-corrected chi connectivity index (χ1v) is 41.2. The Bertz CT molecular complexity index is 6890. The number of fused-ring (bicyclic) bond motifs is 10. The van der Waals surface area contributed by atoms with Crippen LogP contribution in [0.4, 0.5) is 0 Å². The van der Waals surface area contributed by atoms with Crippen LogP contribution in [0.2, 0.25) is 0 Å². The van der Waals surface area contributed by atoms with Crippen molar-refractivity contribution in [2.75, 3.05) is 0 Å². The van der Waals surface area contributed by atoms with Gasteiger partial charge in [0, 0.05) is 89.4 Å². The highest BCUT2D eigenvalue weighted by Crippen LogP contribution is 2.40. The number of hydrogen-bond acceptors (Lipinski definition) is 5. The van der Waals surface area contributed by atoms with Crippen molar-refractivity contribution in [2.24, 2.45) is 0 Å². The third kappa shape index (κ3) is 16.6. The summed E-state index contributed by atoms with van der Waals surface area (Å²) in [5.41, 5.74) is 35.0. The third-order valence-corrected chi connectivity index (χ3v) is 22.5. The lowest BCUT2D eigenvalue weighted by Crippen LogP contribution is -1.99. The Hall–Kier alpha value is -14.7. The lowest BCUT2D eigenvalue weighted by atomic mass is 9.99. The van der Waals surface area contributed by atoms with Gasteiger partial charge < -0.3 is 13.7 Å². The molecule has 0 fully saturated rings. The first-order valence-electron chi connectivity index (χ1n) is 41.2. The van der Waals surface area contributed by atoms with Crippen LogP contribution in [0.15, 0.2) is 370 Å². The molecule has 0 bridgehead atoms. The zero-order chi connectivity index (χ0) is 82.5. The van der Waals surface area contributed by atoms with Crippen LogP contribution in [-0.4, -0.2) is 38.6 Å². The van der Waals surface area contributed by atoms with Crippen molar-refractivity contribution in [2.45, 2.75) is 76.2 Å². The first-order chi connectivity index (χ1) is 58.5. The number of rotatable bonds is 9. The molecule has 0 aliphatic heterocycles. The first kappa shape index (κ1) is 77.8. The molecule has 6 heterocycles. The van der Waals surface area contributed by atoms with Gasteiger partial charge in [-0.25, -0.2) is 15.0 Å². The number of pyridine rings is 2. The molecule has 0 N–H and O–H groups in total. The largest absolute Gasteiger partial charge is 0.309 e. The molecule has 8 heteroatoms. The Labute approximate surface area is 702 Å². The van der Waals surface area contributed by atoms with Gasteiger partial charge in [-0.05, 0) is 218 Å². The summed E-state index contributed by atoms with van der Waals surface area (Å²) in [7, 11) is 0. The van der Waals surface area contributed by atoms with Crippen LogP contribution < -0.4 is 0 Å².